The molecular weight excluding hydrogens is 572 g/mol. The molecule has 1 rings (SSSR count). The number of aliphatic imine (C=N–C) groups is 2. The van der Waals surface area contributed by atoms with E-state index in [1.165, 1.54) is 0 Å². The molecule has 0 fully saturated rings. The second-order valence-electron chi connectivity index (χ2n) is 7.97. The van der Waals surface area contributed by atoms with Crippen molar-refractivity contribution < 1.29 is 55.3 Å². The zero-order valence-electron chi connectivity index (χ0n) is 23.2. The van der Waals surface area contributed by atoms with Gasteiger partial charge in [0.05, 0.1) is 6.54 Å². The molecular formula is C20H34N6O12Si2. The third-order valence-corrected chi connectivity index (χ3v) is 9.41. The van der Waals surface area contributed by atoms with Crippen LogP contribution in [0.2, 0.25) is 0 Å². The summed E-state index contributed by atoms with van der Waals surface area (Å²) in [5.41, 5.74) is 8.01. The Balaban J connectivity index is 4.22. The van der Waals surface area contributed by atoms with E-state index in [0.717, 1.165) is 46.6 Å². The van der Waals surface area contributed by atoms with E-state index < -0.39 is 64.7 Å². The summed E-state index contributed by atoms with van der Waals surface area (Å²) in [5, 5.41) is 3.86. The van der Waals surface area contributed by atoms with Gasteiger partial charge in [-0.15, -0.1) is 0 Å². The van der Waals surface area contributed by atoms with E-state index in [9.17, 15) is 28.8 Å². The first-order valence-corrected chi connectivity index (χ1v) is 15.4. The number of nitrogens with two attached hydrogens (primary N) is 1. The van der Waals surface area contributed by atoms with Crippen molar-refractivity contribution in [3.63, 3.8) is 0 Å². The van der Waals surface area contributed by atoms with Crippen LogP contribution in [0.1, 0.15) is 54.9 Å². The number of hydrogen-bond acceptors (Lipinski definition) is 16. The van der Waals surface area contributed by atoms with Gasteiger partial charge in [-0.2, -0.15) is 0 Å². The van der Waals surface area contributed by atoms with Crippen molar-refractivity contribution in [1.82, 2.24) is 15.8 Å². The number of nitrogens with one attached hydrogen (secondary N) is 2. The Morgan fingerprint density at radius 2 is 1.27 bits per heavy atom. The number of hydrazine groups is 1. The topological polar surface area (TPSA) is 236 Å². The fraction of sp³-hybridized carbons (Fsp3) is 0.600. The Morgan fingerprint density at radius 3 is 1.62 bits per heavy atom. The molecule has 1 atom stereocenters. The maximum atomic E-state index is 12.2. The minimum Gasteiger partial charge on any atom is -0.453 e. The zero-order valence-corrected chi connectivity index (χ0v) is 25.2. The first-order valence-electron chi connectivity index (χ1n) is 11.9. The normalized spacial score (nSPS) is 16.2. The third-order valence-electron chi connectivity index (χ3n) is 4.18. The van der Waals surface area contributed by atoms with E-state index in [1.807, 2.05) is 6.92 Å². The van der Waals surface area contributed by atoms with Gasteiger partial charge in [0.15, 0.2) is 0 Å². The molecule has 4 N–H and O–H groups in total. The number of hydrogen-bond donors (Lipinski definition) is 3. The molecule has 1 heterocycles. The number of rotatable bonds is 13. The first kappa shape index (κ1) is 34.1. The van der Waals surface area contributed by atoms with Crippen molar-refractivity contribution in [2.24, 2.45) is 15.7 Å². The van der Waals surface area contributed by atoms with E-state index in [4.69, 9.17) is 32.3 Å². The highest BCUT2D eigenvalue weighted by atomic mass is 28.4. The molecule has 224 valence electrons. The molecule has 0 bridgehead atoms. The van der Waals surface area contributed by atoms with E-state index >= 15 is 0 Å². The quantitative estimate of drug-likeness (QED) is 0.196. The average molecular weight is 607 g/mol. The summed E-state index contributed by atoms with van der Waals surface area (Å²) in [6, 6.07) is 0. The highest BCUT2D eigenvalue weighted by Gasteiger charge is 2.68. The predicted molar refractivity (Wildman–Crippen MR) is 138 cm³/mol. The molecule has 0 aliphatic carbocycles. The highest BCUT2D eigenvalue weighted by molar-refractivity contribution is 6.96. The van der Waals surface area contributed by atoms with E-state index in [2.05, 4.69) is 20.7 Å². The smallest absolute Gasteiger partial charge is 0.453 e. The van der Waals surface area contributed by atoms with Crippen LogP contribution in [0.25, 0.3) is 0 Å². The number of carbonyl (C=O) groups excluding carboxylic acids is 6. The molecule has 0 aromatic heterocycles. The van der Waals surface area contributed by atoms with Crippen LogP contribution in [-0.2, 0) is 55.3 Å². The lowest BCUT2D eigenvalue weighted by Crippen LogP contribution is -2.75. The van der Waals surface area contributed by atoms with Crippen LogP contribution < -0.4 is 16.5 Å². The fourth-order valence-corrected chi connectivity index (χ4v) is 7.85. The molecule has 0 aromatic rings. The van der Waals surface area contributed by atoms with Gasteiger partial charge in [0.1, 0.15) is 0 Å². The molecule has 1 aliphatic heterocycles. The molecule has 1 aliphatic rings. The van der Waals surface area contributed by atoms with Crippen LogP contribution >= 0.6 is 0 Å². The van der Waals surface area contributed by atoms with Gasteiger partial charge in [-0.25, -0.2) is 15.4 Å². The van der Waals surface area contributed by atoms with Crippen molar-refractivity contribution in [3.05, 3.63) is 0 Å². The minimum absolute atomic E-state index is 0.0147. The number of guanidine groups is 1. The van der Waals surface area contributed by atoms with Gasteiger partial charge in [-0.05, 0) is 6.42 Å². The molecule has 0 spiro atoms. The van der Waals surface area contributed by atoms with Gasteiger partial charge in [-0.3, -0.25) is 33.8 Å². The predicted octanol–water partition coefficient (Wildman–Crippen LogP) is -1.82. The Labute approximate surface area is 232 Å². The molecule has 0 saturated carbocycles. The second kappa shape index (κ2) is 15.0. The standard InChI is InChI=1S/C20H34N6O12Si2/c1-8-10-23-26-18(22-11-9-21)24-19(39(33-12(2)27,34-13(3)28)35-14(4)29)25-20(26)40(36-15(5)30,37-16(6)31)38-17(7)32/h20,23H,8-11,21H2,1-7H3,(H,22,24,25). The molecule has 20 heteroatoms. The molecule has 0 saturated heterocycles. The largest absolute Gasteiger partial charge is 0.780 e. The monoisotopic (exact) mass is 606 g/mol. The Hall–Kier alpha value is -3.89. The van der Waals surface area contributed by atoms with Crippen LogP contribution in [-0.4, -0.2) is 95.3 Å². The number of carbonyl (C=O) groups is 6. The van der Waals surface area contributed by atoms with Gasteiger partial charge in [0.25, 0.3) is 35.8 Å². The first-order chi connectivity index (χ1) is 18.6. The van der Waals surface area contributed by atoms with Gasteiger partial charge in [0, 0.05) is 54.6 Å². The van der Waals surface area contributed by atoms with Gasteiger partial charge in [-0.1, -0.05) is 6.92 Å². The molecule has 1 unspecified atom stereocenters. The lowest BCUT2D eigenvalue weighted by atomic mass is 10.5. The highest BCUT2D eigenvalue weighted by Crippen LogP contribution is 2.26. The average Bonchev–Trinajstić information content (AvgIpc) is 2.78. The summed E-state index contributed by atoms with van der Waals surface area (Å²) in [6.45, 7) is 7.91. The number of amidine groups is 1. The SMILES string of the molecule is CCCNN1C(=NCCN)NC([Si](OC(C)=O)(OC(C)=O)OC(C)=O)=NC1[Si](OC(C)=O)(OC(C)=O)OC(C)=O. The Bertz CT molecular complexity index is 987. The molecule has 0 aromatic carbocycles. The summed E-state index contributed by atoms with van der Waals surface area (Å²) < 4.78 is 31.9. The van der Waals surface area contributed by atoms with Crippen LogP contribution in [0.15, 0.2) is 9.98 Å². The van der Waals surface area contributed by atoms with Crippen molar-refractivity contribution in [2.45, 2.75) is 60.7 Å². The molecule has 0 amide bonds. The molecule has 18 nitrogen and oxygen atoms in total. The maximum absolute atomic E-state index is 12.2. The lowest BCUT2D eigenvalue weighted by Gasteiger charge is -2.42. The van der Waals surface area contributed by atoms with Crippen LogP contribution in [0, 0.1) is 0 Å². The van der Waals surface area contributed by atoms with E-state index in [1.54, 1.807) is 0 Å². The van der Waals surface area contributed by atoms with Gasteiger partial charge >= 0.3 is 17.6 Å². The van der Waals surface area contributed by atoms with Crippen molar-refractivity contribution in [1.29, 1.82) is 0 Å². The van der Waals surface area contributed by atoms with Crippen LogP contribution in [0.3, 0.4) is 0 Å². The Kier molecular flexibility index (Phi) is 12.8. The second-order valence-corrected chi connectivity index (χ2v) is 12.5. The summed E-state index contributed by atoms with van der Waals surface area (Å²) in [4.78, 5) is 81.7. The fourth-order valence-electron chi connectivity index (χ4n) is 3.16. The summed E-state index contributed by atoms with van der Waals surface area (Å²) in [6.07, 6.45) is 0.542. The summed E-state index contributed by atoms with van der Waals surface area (Å²) in [5.74, 6) is -8.02. The molecule has 40 heavy (non-hydrogen) atoms. The third kappa shape index (κ3) is 9.70. The van der Waals surface area contributed by atoms with Crippen molar-refractivity contribution >= 4 is 64.8 Å². The van der Waals surface area contributed by atoms with Crippen LogP contribution in [0.4, 0.5) is 0 Å². The van der Waals surface area contributed by atoms with Gasteiger partial charge in [0.2, 0.25) is 17.2 Å². The minimum atomic E-state index is -4.94. The van der Waals surface area contributed by atoms with E-state index in [-0.39, 0.29) is 25.6 Å². The van der Waals surface area contributed by atoms with E-state index in [0.29, 0.717) is 6.42 Å². The van der Waals surface area contributed by atoms with Crippen LogP contribution in [0.5, 0.6) is 0 Å². The lowest BCUT2D eigenvalue weighted by molar-refractivity contribution is -0.151. The van der Waals surface area contributed by atoms with Crippen molar-refractivity contribution in [2.75, 3.05) is 19.6 Å². The Morgan fingerprint density at radius 1 is 0.850 bits per heavy atom. The van der Waals surface area contributed by atoms with Crippen molar-refractivity contribution in [3.8, 4) is 0 Å². The maximum Gasteiger partial charge on any atom is 0.780 e. The zero-order chi connectivity index (χ0) is 30.7. The summed E-state index contributed by atoms with van der Waals surface area (Å²) in [7, 11) is -9.88. The van der Waals surface area contributed by atoms with Gasteiger partial charge < -0.3 is 37.6 Å². The summed E-state index contributed by atoms with van der Waals surface area (Å²) >= 11 is 0. The molecule has 0 radical (unpaired) electrons. The number of nitrogens with zero attached hydrogens (tertiary/aromatic N) is 3.